The molecule has 0 aliphatic carbocycles. The Morgan fingerprint density at radius 3 is 2.72 bits per heavy atom. The Morgan fingerprint density at radius 1 is 1.25 bits per heavy atom. The number of ether oxygens (including phenoxy) is 1. The number of carbonyl (C=O) groups is 1. The second kappa shape index (κ2) is 9.29. The zero-order valence-corrected chi connectivity index (χ0v) is 18.7. The molecule has 2 aromatic carbocycles. The summed E-state index contributed by atoms with van der Waals surface area (Å²) in [4.78, 5) is 14.3. The molecule has 32 heavy (non-hydrogen) atoms. The first-order valence-corrected chi connectivity index (χ1v) is 10.8. The van der Waals surface area contributed by atoms with Gasteiger partial charge in [-0.15, -0.1) is 6.42 Å². The molecule has 0 spiro atoms. The van der Waals surface area contributed by atoms with Crippen LogP contribution in [-0.2, 0) is 16.1 Å². The molecule has 0 radical (unpaired) electrons. The van der Waals surface area contributed by atoms with Crippen molar-refractivity contribution in [3.05, 3.63) is 66.0 Å². The van der Waals surface area contributed by atoms with Gasteiger partial charge in [-0.2, -0.15) is 5.10 Å². The topological polar surface area (TPSA) is 59.4 Å². The molecule has 0 saturated heterocycles. The molecule has 164 valence electrons. The Kier molecular flexibility index (Phi) is 6.29. The minimum atomic E-state index is 0.0516. The zero-order chi connectivity index (χ0) is 22.7. The van der Waals surface area contributed by atoms with E-state index < -0.39 is 0 Å². The molecule has 0 saturated carbocycles. The van der Waals surface area contributed by atoms with Gasteiger partial charge in [0.2, 0.25) is 5.91 Å². The minimum Gasteiger partial charge on any atom is -0.383 e. The highest BCUT2D eigenvalue weighted by molar-refractivity contribution is 5.94. The average molecular weight is 429 g/mol. The lowest BCUT2D eigenvalue weighted by molar-refractivity contribution is -0.117. The third-order valence-electron chi connectivity index (χ3n) is 5.90. The van der Waals surface area contributed by atoms with Crippen molar-refractivity contribution < 1.29 is 9.53 Å². The predicted octanol–water partition coefficient (Wildman–Crippen LogP) is 4.48. The number of fused-ring (bicyclic) bond motifs is 1. The minimum absolute atomic E-state index is 0.0516. The average Bonchev–Trinajstić information content (AvgIpc) is 3.26. The van der Waals surface area contributed by atoms with Gasteiger partial charge >= 0.3 is 0 Å². The van der Waals surface area contributed by atoms with Crippen molar-refractivity contribution in [2.45, 2.75) is 38.9 Å². The molecular formula is C26H28N4O2. The largest absolute Gasteiger partial charge is 0.383 e. The highest BCUT2D eigenvalue weighted by atomic mass is 16.5. The van der Waals surface area contributed by atoms with E-state index in [2.05, 4.69) is 35.4 Å². The highest BCUT2D eigenvalue weighted by Gasteiger charge is 2.32. The van der Waals surface area contributed by atoms with Crippen molar-refractivity contribution in [3.63, 3.8) is 0 Å². The van der Waals surface area contributed by atoms with Crippen molar-refractivity contribution in [2.75, 3.05) is 23.9 Å². The maximum Gasteiger partial charge on any atom is 0.224 e. The van der Waals surface area contributed by atoms with Crippen LogP contribution in [0.15, 0.2) is 54.9 Å². The van der Waals surface area contributed by atoms with Crippen LogP contribution in [0.25, 0.3) is 11.1 Å². The van der Waals surface area contributed by atoms with Gasteiger partial charge in [-0.1, -0.05) is 12.0 Å². The SMILES string of the molecule is C#Cc1ccc(N[C@@H]2C[C@H](C)N(C(C)=O)c3ccc(-c4cnn(CCOC)c4)cc32)cc1. The Balaban J connectivity index is 1.70. The van der Waals surface area contributed by atoms with E-state index in [-0.39, 0.29) is 18.0 Å². The third-order valence-corrected chi connectivity index (χ3v) is 5.90. The second-order valence-electron chi connectivity index (χ2n) is 8.15. The van der Waals surface area contributed by atoms with Gasteiger partial charge in [0.1, 0.15) is 0 Å². The first-order valence-electron chi connectivity index (χ1n) is 10.8. The van der Waals surface area contributed by atoms with Crippen LogP contribution in [0.2, 0.25) is 0 Å². The first-order chi connectivity index (χ1) is 15.5. The summed E-state index contributed by atoms with van der Waals surface area (Å²) >= 11 is 0. The number of nitrogens with zero attached hydrogens (tertiary/aromatic N) is 3. The van der Waals surface area contributed by atoms with Crippen LogP contribution in [0, 0.1) is 12.3 Å². The van der Waals surface area contributed by atoms with Crippen LogP contribution in [0.1, 0.15) is 37.4 Å². The number of methoxy groups -OCH3 is 1. The van der Waals surface area contributed by atoms with Crippen LogP contribution < -0.4 is 10.2 Å². The molecule has 1 aliphatic rings. The molecule has 1 amide bonds. The maximum absolute atomic E-state index is 12.4. The van der Waals surface area contributed by atoms with E-state index in [0.29, 0.717) is 13.2 Å². The number of benzene rings is 2. The molecule has 2 heterocycles. The van der Waals surface area contributed by atoms with Crippen molar-refractivity contribution in [1.82, 2.24) is 9.78 Å². The van der Waals surface area contributed by atoms with Crippen LogP contribution in [0.4, 0.5) is 11.4 Å². The molecule has 3 aromatic rings. The number of terminal acetylenes is 1. The van der Waals surface area contributed by atoms with Gasteiger partial charge in [0.15, 0.2) is 0 Å². The number of rotatable bonds is 6. The number of anilines is 2. The van der Waals surface area contributed by atoms with Gasteiger partial charge in [0.05, 0.1) is 25.4 Å². The van der Waals surface area contributed by atoms with Crippen LogP contribution in [0.3, 0.4) is 0 Å². The quantitative estimate of drug-likeness (QED) is 0.589. The number of hydrogen-bond donors (Lipinski definition) is 1. The predicted molar refractivity (Wildman–Crippen MR) is 128 cm³/mol. The summed E-state index contributed by atoms with van der Waals surface area (Å²) in [7, 11) is 1.68. The van der Waals surface area contributed by atoms with Crippen LogP contribution in [-0.4, -0.2) is 35.4 Å². The highest BCUT2D eigenvalue weighted by Crippen LogP contribution is 2.41. The summed E-state index contributed by atoms with van der Waals surface area (Å²) in [5.41, 5.74) is 6.00. The molecule has 1 aromatic heterocycles. The summed E-state index contributed by atoms with van der Waals surface area (Å²) in [6.07, 6.45) is 10.2. The maximum atomic E-state index is 12.4. The fourth-order valence-corrected chi connectivity index (χ4v) is 4.34. The van der Waals surface area contributed by atoms with Crippen molar-refractivity contribution in [1.29, 1.82) is 0 Å². The van der Waals surface area contributed by atoms with Gasteiger partial charge in [-0.25, -0.2) is 0 Å². The van der Waals surface area contributed by atoms with Crippen molar-refractivity contribution in [3.8, 4) is 23.5 Å². The number of hydrogen-bond acceptors (Lipinski definition) is 4. The zero-order valence-electron chi connectivity index (χ0n) is 18.7. The molecule has 6 nitrogen and oxygen atoms in total. The van der Waals surface area contributed by atoms with E-state index in [9.17, 15) is 4.79 Å². The van der Waals surface area contributed by atoms with Gasteiger partial charge in [0.25, 0.3) is 0 Å². The fraction of sp³-hybridized carbons (Fsp3) is 0.308. The lowest BCUT2D eigenvalue weighted by atomic mass is 9.89. The lowest BCUT2D eigenvalue weighted by Crippen LogP contribution is -2.43. The van der Waals surface area contributed by atoms with Gasteiger partial charge in [-0.3, -0.25) is 9.48 Å². The molecule has 0 unspecified atom stereocenters. The first kappa shape index (κ1) is 21.7. The van der Waals surface area contributed by atoms with Crippen molar-refractivity contribution in [2.24, 2.45) is 0 Å². The van der Waals surface area contributed by atoms with E-state index in [1.165, 1.54) is 0 Å². The van der Waals surface area contributed by atoms with Crippen molar-refractivity contribution >= 4 is 17.3 Å². The van der Waals surface area contributed by atoms with Gasteiger partial charge < -0.3 is 15.0 Å². The summed E-state index contributed by atoms with van der Waals surface area (Å²) in [5.74, 6) is 2.70. The molecule has 4 rings (SSSR count). The number of aromatic nitrogens is 2. The van der Waals surface area contributed by atoms with E-state index in [4.69, 9.17) is 11.2 Å². The summed E-state index contributed by atoms with van der Waals surface area (Å²) in [6, 6.07) is 14.3. The Hall–Kier alpha value is -3.56. The second-order valence-corrected chi connectivity index (χ2v) is 8.15. The van der Waals surface area contributed by atoms with Gasteiger partial charge in [-0.05, 0) is 60.9 Å². The Labute approximate surface area is 189 Å². The van der Waals surface area contributed by atoms with E-state index in [1.54, 1.807) is 14.0 Å². The normalized spacial score (nSPS) is 17.5. The molecular weight excluding hydrogens is 400 g/mol. The monoisotopic (exact) mass is 428 g/mol. The Morgan fingerprint density at radius 2 is 2.03 bits per heavy atom. The number of amides is 1. The molecule has 6 heteroatoms. The smallest absolute Gasteiger partial charge is 0.224 e. The molecule has 1 N–H and O–H groups in total. The molecule has 0 fully saturated rings. The van der Waals surface area contributed by atoms with E-state index in [1.807, 2.05) is 52.3 Å². The lowest BCUT2D eigenvalue weighted by Gasteiger charge is -2.39. The molecule has 1 aliphatic heterocycles. The summed E-state index contributed by atoms with van der Waals surface area (Å²) in [6.45, 7) is 5.03. The van der Waals surface area contributed by atoms with Gasteiger partial charge in [0, 0.05) is 48.8 Å². The van der Waals surface area contributed by atoms with E-state index in [0.717, 1.165) is 40.0 Å². The standard InChI is InChI=1S/C26H28N4O2/c1-5-20-6-9-23(10-7-20)28-25-14-18(2)30(19(3)31)26-11-8-21(15-24(25)26)22-16-27-29(17-22)12-13-32-4/h1,6-11,15-18,25,28H,12-14H2,2-4H3/t18-,25+/m0/s1. The summed E-state index contributed by atoms with van der Waals surface area (Å²) in [5, 5.41) is 8.09. The summed E-state index contributed by atoms with van der Waals surface area (Å²) < 4.78 is 7.03. The fourth-order valence-electron chi connectivity index (χ4n) is 4.34. The van der Waals surface area contributed by atoms with Crippen LogP contribution in [0.5, 0.6) is 0 Å². The molecule has 2 atom stereocenters. The third kappa shape index (κ3) is 4.39. The number of nitrogens with one attached hydrogen (secondary N) is 1. The van der Waals surface area contributed by atoms with E-state index >= 15 is 0 Å². The van der Waals surface area contributed by atoms with Crippen LogP contribution >= 0.6 is 0 Å². The molecule has 0 bridgehead atoms. The number of carbonyl (C=O) groups excluding carboxylic acids is 1. The Bertz CT molecular complexity index is 1140.